The summed E-state index contributed by atoms with van der Waals surface area (Å²) in [7, 11) is 1.90. The van der Waals surface area contributed by atoms with E-state index in [0.717, 1.165) is 22.6 Å². The Kier molecular flexibility index (Phi) is 5.98. The molecule has 37 heavy (non-hydrogen) atoms. The van der Waals surface area contributed by atoms with Gasteiger partial charge in [-0.15, -0.1) is 0 Å². The number of fused-ring (bicyclic) bond motifs is 2. The van der Waals surface area contributed by atoms with E-state index in [1.165, 1.54) is 38.2 Å². The quantitative estimate of drug-likeness (QED) is 0.172. The van der Waals surface area contributed by atoms with Crippen LogP contribution in [0.25, 0.3) is 32.8 Å². The fourth-order valence-corrected chi connectivity index (χ4v) is 5.10. The number of H-pyrrole nitrogens is 1. The Labute approximate surface area is 220 Å². The molecule has 0 amide bonds. The van der Waals surface area contributed by atoms with Crippen molar-refractivity contribution in [1.82, 2.24) is 4.98 Å². The molecule has 0 unspecified atom stereocenters. The van der Waals surface area contributed by atoms with Gasteiger partial charge in [-0.3, -0.25) is 5.41 Å². The molecular weight excluding hydrogens is 450 g/mol. The van der Waals surface area contributed by atoms with Gasteiger partial charge in [-0.2, -0.15) is 0 Å². The zero-order chi connectivity index (χ0) is 26.5. The van der Waals surface area contributed by atoms with Crippen molar-refractivity contribution >= 4 is 32.9 Å². The normalized spacial score (nSPS) is 12.3. The third-order valence-corrected chi connectivity index (χ3v) is 7.38. The summed E-state index contributed by atoms with van der Waals surface area (Å²) in [5.41, 5.74) is 8.11. The van der Waals surface area contributed by atoms with Crippen molar-refractivity contribution in [2.24, 2.45) is 0 Å². The topological polar surface area (TPSA) is 51.7 Å². The third kappa shape index (κ3) is 4.55. The summed E-state index contributed by atoms with van der Waals surface area (Å²) >= 11 is 0. The van der Waals surface area contributed by atoms with Crippen LogP contribution in [0.3, 0.4) is 0 Å². The summed E-state index contributed by atoms with van der Waals surface area (Å²) in [5.74, 6) is 0. The Morgan fingerprint density at radius 3 is 2.08 bits per heavy atom. The molecule has 0 radical (unpaired) electrons. The number of nitrogens with one attached hydrogen (secondary N) is 3. The van der Waals surface area contributed by atoms with Crippen LogP contribution in [-0.4, -0.2) is 17.7 Å². The molecule has 0 saturated carbocycles. The predicted molar refractivity (Wildman–Crippen MR) is 161 cm³/mol. The van der Waals surface area contributed by atoms with Crippen LogP contribution in [0.5, 0.6) is 0 Å². The summed E-state index contributed by atoms with van der Waals surface area (Å²) in [6, 6.07) is 28.2. The van der Waals surface area contributed by atoms with Crippen molar-refractivity contribution in [1.29, 1.82) is 5.41 Å². The van der Waals surface area contributed by atoms with Gasteiger partial charge in [0, 0.05) is 29.6 Å². The van der Waals surface area contributed by atoms with E-state index < -0.39 is 0 Å². The highest BCUT2D eigenvalue weighted by Crippen LogP contribution is 2.39. The standard InChI is InChI=1S/C34H37N3/c1-33(2,3)23-14-15-25-22(19-23)18-21-12-13-24(34(4,5)6)20-27(21)31(25)29-16-17-30(37-29)32(35)26-10-8-9-11-28(26)36-7/h8-20,35-37H,1-7H3. The van der Waals surface area contributed by atoms with Crippen LogP contribution in [0, 0.1) is 5.41 Å². The Morgan fingerprint density at radius 2 is 1.38 bits per heavy atom. The minimum Gasteiger partial charge on any atom is -0.388 e. The lowest BCUT2D eigenvalue weighted by Gasteiger charge is -2.22. The summed E-state index contributed by atoms with van der Waals surface area (Å²) in [4.78, 5) is 3.61. The van der Waals surface area contributed by atoms with Crippen molar-refractivity contribution in [2.75, 3.05) is 12.4 Å². The van der Waals surface area contributed by atoms with Crippen LogP contribution in [0.4, 0.5) is 5.69 Å². The summed E-state index contributed by atoms with van der Waals surface area (Å²) in [6.45, 7) is 13.6. The van der Waals surface area contributed by atoms with Crippen LogP contribution >= 0.6 is 0 Å². The number of benzene rings is 4. The zero-order valence-electron chi connectivity index (χ0n) is 23.0. The minimum absolute atomic E-state index is 0.0520. The average molecular weight is 488 g/mol. The molecule has 0 fully saturated rings. The van der Waals surface area contributed by atoms with Gasteiger partial charge >= 0.3 is 0 Å². The maximum absolute atomic E-state index is 8.96. The van der Waals surface area contributed by atoms with E-state index in [1.54, 1.807) is 0 Å². The first-order chi connectivity index (χ1) is 17.5. The number of anilines is 1. The van der Waals surface area contributed by atoms with Gasteiger partial charge in [0.15, 0.2) is 0 Å². The van der Waals surface area contributed by atoms with E-state index in [2.05, 4.69) is 100 Å². The first kappa shape index (κ1) is 24.8. The molecule has 5 rings (SSSR count). The van der Waals surface area contributed by atoms with Gasteiger partial charge in [-0.25, -0.2) is 0 Å². The monoisotopic (exact) mass is 487 g/mol. The Morgan fingerprint density at radius 1 is 0.703 bits per heavy atom. The number of rotatable bonds is 4. The lowest BCUT2D eigenvalue weighted by molar-refractivity contribution is 0.590. The van der Waals surface area contributed by atoms with Gasteiger partial charge < -0.3 is 10.3 Å². The zero-order valence-corrected chi connectivity index (χ0v) is 23.0. The van der Waals surface area contributed by atoms with Crippen LogP contribution < -0.4 is 5.32 Å². The lowest BCUT2D eigenvalue weighted by atomic mass is 9.82. The number of aromatic amines is 1. The second kappa shape index (κ2) is 8.92. The molecule has 0 atom stereocenters. The smallest absolute Gasteiger partial charge is 0.0867 e. The number of aromatic nitrogens is 1. The van der Waals surface area contributed by atoms with Gasteiger partial charge in [-0.1, -0.05) is 90.1 Å². The summed E-state index contributed by atoms with van der Waals surface area (Å²) in [5, 5.41) is 17.1. The van der Waals surface area contributed by atoms with Gasteiger partial charge in [0.25, 0.3) is 0 Å². The molecule has 0 saturated heterocycles. The Bertz CT molecular complexity index is 1640. The molecule has 3 N–H and O–H groups in total. The van der Waals surface area contributed by atoms with Crippen molar-refractivity contribution in [2.45, 2.75) is 52.4 Å². The van der Waals surface area contributed by atoms with Crippen molar-refractivity contribution in [3.8, 4) is 11.3 Å². The van der Waals surface area contributed by atoms with E-state index in [0.29, 0.717) is 5.71 Å². The molecule has 1 aromatic heterocycles. The summed E-state index contributed by atoms with van der Waals surface area (Å²) in [6.07, 6.45) is 0. The van der Waals surface area contributed by atoms with E-state index in [-0.39, 0.29) is 10.8 Å². The SMILES string of the molecule is CNc1ccccc1C(=N)c1ccc(-c2c3ccc(C(C)(C)C)cc3cc3ccc(C(C)(C)C)cc23)[nH]1. The van der Waals surface area contributed by atoms with Gasteiger partial charge in [-0.05, 0) is 73.8 Å². The van der Waals surface area contributed by atoms with E-state index in [4.69, 9.17) is 5.41 Å². The average Bonchev–Trinajstić information content (AvgIpc) is 3.34. The van der Waals surface area contributed by atoms with Crippen LogP contribution in [0.2, 0.25) is 0 Å². The highest BCUT2D eigenvalue weighted by atomic mass is 14.8. The maximum atomic E-state index is 8.96. The molecule has 1 heterocycles. The maximum Gasteiger partial charge on any atom is 0.0867 e. The van der Waals surface area contributed by atoms with Gasteiger partial charge in [0.1, 0.15) is 0 Å². The molecule has 4 aromatic carbocycles. The highest BCUT2D eigenvalue weighted by Gasteiger charge is 2.20. The fraction of sp³-hybridized carbons (Fsp3) is 0.265. The molecule has 0 aliphatic carbocycles. The van der Waals surface area contributed by atoms with Crippen molar-refractivity contribution in [3.63, 3.8) is 0 Å². The van der Waals surface area contributed by atoms with E-state index in [1.807, 2.05) is 37.4 Å². The van der Waals surface area contributed by atoms with Crippen LogP contribution in [-0.2, 0) is 10.8 Å². The number of para-hydroxylation sites is 1. The number of hydrogen-bond acceptors (Lipinski definition) is 2. The molecule has 0 bridgehead atoms. The molecule has 0 aliphatic rings. The molecule has 5 aromatic rings. The molecular formula is C34H37N3. The lowest BCUT2D eigenvalue weighted by Crippen LogP contribution is -2.11. The van der Waals surface area contributed by atoms with E-state index in [9.17, 15) is 0 Å². The fourth-order valence-electron chi connectivity index (χ4n) is 5.10. The second-order valence-corrected chi connectivity index (χ2v) is 12.1. The van der Waals surface area contributed by atoms with Gasteiger partial charge in [0.05, 0.1) is 11.4 Å². The Balaban J connectivity index is 1.75. The second-order valence-electron chi connectivity index (χ2n) is 12.1. The van der Waals surface area contributed by atoms with Crippen molar-refractivity contribution < 1.29 is 0 Å². The van der Waals surface area contributed by atoms with Gasteiger partial charge in [0.2, 0.25) is 0 Å². The van der Waals surface area contributed by atoms with Crippen LogP contribution in [0.1, 0.15) is 63.9 Å². The first-order valence-electron chi connectivity index (χ1n) is 13.0. The first-order valence-corrected chi connectivity index (χ1v) is 13.0. The molecule has 188 valence electrons. The largest absolute Gasteiger partial charge is 0.388 e. The highest BCUT2D eigenvalue weighted by molar-refractivity contribution is 6.15. The minimum atomic E-state index is 0.0520. The van der Waals surface area contributed by atoms with Crippen LogP contribution in [0.15, 0.2) is 78.9 Å². The van der Waals surface area contributed by atoms with Crippen molar-refractivity contribution in [3.05, 3.63) is 101 Å². The Hall–Kier alpha value is -3.85. The third-order valence-electron chi connectivity index (χ3n) is 7.38. The molecule has 0 spiro atoms. The predicted octanol–water partition coefficient (Wildman–Crippen LogP) is 9.04. The van der Waals surface area contributed by atoms with E-state index >= 15 is 0 Å². The number of hydrogen-bond donors (Lipinski definition) is 3. The molecule has 3 nitrogen and oxygen atoms in total. The molecule has 3 heteroatoms. The molecule has 0 aliphatic heterocycles. The summed E-state index contributed by atoms with van der Waals surface area (Å²) < 4.78 is 0.